The summed E-state index contributed by atoms with van der Waals surface area (Å²) in [6.07, 6.45) is -3.59. The van der Waals surface area contributed by atoms with Crippen LogP contribution in [0.25, 0.3) is 0 Å². The van der Waals surface area contributed by atoms with Gasteiger partial charge in [0.1, 0.15) is 0 Å². The van der Waals surface area contributed by atoms with E-state index in [0.717, 1.165) is 6.07 Å². The molecule has 0 saturated carbocycles. The zero-order valence-electron chi connectivity index (χ0n) is 15.4. The first-order valence-corrected chi connectivity index (χ1v) is 8.73. The molecular formula is C21H13F3N2O4. The second-order valence-corrected chi connectivity index (χ2v) is 6.61. The van der Waals surface area contributed by atoms with Crippen LogP contribution in [0.1, 0.15) is 42.4 Å². The van der Waals surface area contributed by atoms with Gasteiger partial charge < -0.3 is 9.73 Å². The van der Waals surface area contributed by atoms with Gasteiger partial charge in [-0.1, -0.05) is 12.1 Å². The molecule has 0 fully saturated rings. The highest BCUT2D eigenvalue weighted by atomic mass is 19.4. The van der Waals surface area contributed by atoms with Gasteiger partial charge in [0.05, 0.1) is 28.6 Å². The van der Waals surface area contributed by atoms with Crippen LogP contribution >= 0.6 is 0 Å². The molecule has 1 aliphatic heterocycles. The fourth-order valence-electron chi connectivity index (χ4n) is 3.24. The summed E-state index contributed by atoms with van der Waals surface area (Å²) in [5, 5.41) is 2.33. The molecule has 6 nitrogen and oxygen atoms in total. The molecular weight excluding hydrogens is 401 g/mol. The molecule has 0 aliphatic carbocycles. The van der Waals surface area contributed by atoms with E-state index in [1.165, 1.54) is 36.6 Å². The molecule has 0 unspecified atom stereocenters. The molecule has 2 aromatic carbocycles. The third kappa shape index (κ3) is 3.14. The number of anilines is 2. The van der Waals surface area contributed by atoms with E-state index in [9.17, 15) is 27.6 Å². The Hall–Kier alpha value is -3.88. The van der Waals surface area contributed by atoms with Crippen molar-refractivity contribution in [3.63, 3.8) is 0 Å². The van der Waals surface area contributed by atoms with E-state index in [1.54, 1.807) is 13.0 Å². The van der Waals surface area contributed by atoms with Gasteiger partial charge in [-0.05, 0) is 43.3 Å². The zero-order chi connectivity index (χ0) is 21.6. The van der Waals surface area contributed by atoms with Crippen LogP contribution in [0.5, 0.6) is 0 Å². The molecule has 1 aromatic heterocycles. The van der Waals surface area contributed by atoms with Crippen LogP contribution in [0.2, 0.25) is 0 Å². The molecule has 3 amide bonds. The maximum atomic E-state index is 13.8. The Morgan fingerprint density at radius 2 is 1.63 bits per heavy atom. The average Bonchev–Trinajstić information content (AvgIpc) is 3.23. The highest BCUT2D eigenvalue weighted by Gasteiger charge is 2.42. The Morgan fingerprint density at radius 3 is 2.17 bits per heavy atom. The van der Waals surface area contributed by atoms with Crippen LogP contribution < -0.4 is 10.2 Å². The second-order valence-electron chi connectivity index (χ2n) is 6.61. The number of hydrogen-bond acceptors (Lipinski definition) is 4. The van der Waals surface area contributed by atoms with Crippen molar-refractivity contribution in [1.29, 1.82) is 0 Å². The summed E-state index contributed by atoms with van der Waals surface area (Å²) >= 11 is 0. The molecule has 1 N–H and O–H groups in total. The van der Waals surface area contributed by atoms with Crippen molar-refractivity contribution < 1.29 is 32.0 Å². The minimum Gasteiger partial charge on any atom is -0.459 e. The van der Waals surface area contributed by atoms with E-state index in [0.29, 0.717) is 16.5 Å². The third-order valence-corrected chi connectivity index (χ3v) is 4.66. The number of carbonyl (C=O) groups excluding carboxylic acids is 3. The maximum absolute atomic E-state index is 13.8. The predicted molar refractivity (Wildman–Crippen MR) is 100 cm³/mol. The number of benzene rings is 2. The van der Waals surface area contributed by atoms with Gasteiger partial charge >= 0.3 is 6.18 Å². The topological polar surface area (TPSA) is 79.6 Å². The number of alkyl halides is 3. The number of carbonyl (C=O) groups is 3. The number of rotatable bonds is 3. The summed E-state index contributed by atoms with van der Waals surface area (Å²) in [4.78, 5) is 37.9. The predicted octanol–water partition coefficient (Wildman–Crippen LogP) is 4.66. The molecule has 30 heavy (non-hydrogen) atoms. The Bertz CT molecular complexity index is 1160. The SMILES string of the molecule is Cc1ccoc1C(=O)Nc1ccc(N2C(=O)c3ccccc3C2=O)c(C(F)(F)F)c1. The van der Waals surface area contributed by atoms with Gasteiger partial charge in [-0.25, -0.2) is 4.90 Å². The number of aryl methyl sites for hydroxylation is 1. The summed E-state index contributed by atoms with van der Waals surface area (Å²) in [5.74, 6) is -2.44. The minimum atomic E-state index is -4.88. The van der Waals surface area contributed by atoms with Crippen LogP contribution in [0.4, 0.5) is 24.5 Å². The van der Waals surface area contributed by atoms with Gasteiger partial charge in [0, 0.05) is 11.3 Å². The van der Waals surface area contributed by atoms with Crippen molar-refractivity contribution in [2.45, 2.75) is 13.1 Å². The van der Waals surface area contributed by atoms with Crippen LogP contribution in [-0.4, -0.2) is 17.7 Å². The quantitative estimate of drug-likeness (QED) is 0.633. The van der Waals surface area contributed by atoms with Crippen LogP contribution in [0.15, 0.2) is 59.2 Å². The lowest BCUT2D eigenvalue weighted by atomic mass is 10.1. The van der Waals surface area contributed by atoms with Gasteiger partial charge in [-0.2, -0.15) is 13.2 Å². The molecule has 1 aliphatic rings. The van der Waals surface area contributed by atoms with Crippen molar-refractivity contribution in [3.8, 4) is 0 Å². The lowest BCUT2D eigenvalue weighted by Crippen LogP contribution is -2.31. The fourth-order valence-corrected chi connectivity index (χ4v) is 3.24. The monoisotopic (exact) mass is 414 g/mol. The largest absolute Gasteiger partial charge is 0.459 e. The van der Waals surface area contributed by atoms with Crippen LogP contribution in [-0.2, 0) is 6.18 Å². The van der Waals surface area contributed by atoms with Crippen molar-refractivity contribution in [2.24, 2.45) is 0 Å². The number of amides is 3. The third-order valence-electron chi connectivity index (χ3n) is 4.66. The fraction of sp³-hybridized carbons (Fsp3) is 0.0952. The van der Waals surface area contributed by atoms with Crippen molar-refractivity contribution in [1.82, 2.24) is 0 Å². The number of nitrogens with one attached hydrogen (secondary N) is 1. The average molecular weight is 414 g/mol. The minimum absolute atomic E-state index is 0.0290. The Morgan fingerprint density at radius 1 is 1.00 bits per heavy atom. The van der Waals surface area contributed by atoms with E-state index < -0.39 is 35.1 Å². The molecule has 0 bridgehead atoms. The van der Waals surface area contributed by atoms with Gasteiger partial charge in [0.15, 0.2) is 5.76 Å². The Kier molecular flexibility index (Phi) is 4.45. The van der Waals surface area contributed by atoms with E-state index in [1.807, 2.05) is 0 Å². The van der Waals surface area contributed by atoms with Crippen molar-refractivity contribution in [2.75, 3.05) is 10.2 Å². The number of hydrogen-bond donors (Lipinski definition) is 1. The molecule has 4 rings (SSSR count). The first kappa shape index (κ1) is 19.4. The van der Waals surface area contributed by atoms with E-state index >= 15 is 0 Å². The number of fused-ring (bicyclic) bond motifs is 1. The van der Waals surface area contributed by atoms with Gasteiger partial charge in [-0.3, -0.25) is 14.4 Å². The van der Waals surface area contributed by atoms with E-state index in [-0.39, 0.29) is 22.6 Å². The molecule has 2 heterocycles. The van der Waals surface area contributed by atoms with Crippen LogP contribution in [0, 0.1) is 6.92 Å². The number of halogens is 3. The van der Waals surface area contributed by atoms with Gasteiger partial charge in [-0.15, -0.1) is 0 Å². The zero-order valence-corrected chi connectivity index (χ0v) is 15.4. The number of nitrogens with zero attached hydrogens (tertiary/aromatic N) is 1. The molecule has 0 radical (unpaired) electrons. The highest BCUT2D eigenvalue weighted by Crippen LogP contribution is 2.41. The van der Waals surface area contributed by atoms with Crippen molar-refractivity contribution in [3.05, 3.63) is 82.8 Å². The summed E-state index contributed by atoms with van der Waals surface area (Å²) in [7, 11) is 0. The molecule has 3 aromatic rings. The molecule has 0 atom stereocenters. The van der Waals surface area contributed by atoms with Crippen LogP contribution in [0.3, 0.4) is 0 Å². The molecule has 0 spiro atoms. The lowest BCUT2D eigenvalue weighted by Gasteiger charge is -2.20. The summed E-state index contributed by atoms with van der Waals surface area (Å²) in [6.45, 7) is 1.62. The number of furan rings is 1. The van der Waals surface area contributed by atoms with E-state index in [2.05, 4.69) is 5.32 Å². The maximum Gasteiger partial charge on any atom is 0.418 e. The summed E-state index contributed by atoms with van der Waals surface area (Å²) in [6, 6.07) is 10.2. The smallest absolute Gasteiger partial charge is 0.418 e. The molecule has 0 saturated heterocycles. The van der Waals surface area contributed by atoms with Gasteiger partial charge in [0.2, 0.25) is 0 Å². The number of imide groups is 1. The summed E-state index contributed by atoms with van der Waals surface area (Å²) in [5.41, 5.74) is -1.43. The summed E-state index contributed by atoms with van der Waals surface area (Å²) < 4.78 is 46.3. The first-order chi connectivity index (χ1) is 14.2. The first-order valence-electron chi connectivity index (χ1n) is 8.73. The van der Waals surface area contributed by atoms with Gasteiger partial charge in [0.25, 0.3) is 17.7 Å². The lowest BCUT2D eigenvalue weighted by molar-refractivity contribution is -0.137. The second kappa shape index (κ2) is 6.87. The highest BCUT2D eigenvalue weighted by molar-refractivity contribution is 6.34. The normalized spacial score (nSPS) is 13.5. The Labute approximate surface area is 167 Å². The molecule has 152 valence electrons. The Balaban J connectivity index is 1.74. The molecule has 9 heteroatoms. The standard InChI is InChI=1S/C21H13F3N2O4/c1-11-8-9-30-17(11)18(27)25-12-6-7-16(15(10-12)21(22,23)24)26-19(28)13-4-2-3-5-14(13)20(26)29/h2-10H,1H3,(H,25,27). The van der Waals surface area contributed by atoms with Crippen molar-refractivity contribution >= 4 is 29.1 Å². The van der Waals surface area contributed by atoms with E-state index in [4.69, 9.17) is 4.42 Å².